The topological polar surface area (TPSA) is 61.8 Å². The predicted octanol–water partition coefficient (Wildman–Crippen LogP) is 17.6. The fourth-order valence-corrected chi connectivity index (χ4v) is 6.43. The average Bonchev–Trinajstić information content (AvgIpc) is 3.30. The first-order chi connectivity index (χ1) is 31.6. The maximum atomic E-state index is 12.7. The second kappa shape index (κ2) is 53.4. The van der Waals surface area contributed by atoms with Crippen molar-refractivity contribution < 1.29 is 23.8 Å². The summed E-state index contributed by atoms with van der Waals surface area (Å²) in [7, 11) is 0. The summed E-state index contributed by atoms with van der Waals surface area (Å²) < 4.78 is 17.2. The Morgan fingerprint density at radius 3 is 1.20 bits per heavy atom. The highest BCUT2D eigenvalue weighted by atomic mass is 16.6. The van der Waals surface area contributed by atoms with Gasteiger partial charge in [0, 0.05) is 13.0 Å². The van der Waals surface area contributed by atoms with Crippen molar-refractivity contribution in [3.8, 4) is 0 Å². The van der Waals surface area contributed by atoms with Crippen LogP contribution in [0.4, 0.5) is 0 Å². The quantitative estimate of drug-likeness (QED) is 0.0346. The van der Waals surface area contributed by atoms with Crippen LogP contribution in [0.15, 0.2) is 134 Å². The van der Waals surface area contributed by atoms with Crippen molar-refractivity contribution in [2.75, 3.05) is 19.8 Å². The second-order valence-electron chi connectivity index (χ2n) is 16.3. The van der Waals surface area contributed by atoms with Crippen molar-refractivity contribution >= 4 is 11.9 Å². The lowest BCUT2D eigenvalue weighted by atomic mass is 10.1. The number of rotatable bonds is 45. The molecule has 0 aromatic rings. The van der Waals surface area contributed by atoms with Crippen molar-refractivity contribution in [1.82, 2.24) is 0 Å². The molecule has 0 saturated carbocycles. The third kappa shape index (κ3) is 50.7. The number of allylic oxidation sites excluding steroid dienone is 21. The van der Waals surface area contributed by atoms with Gasteiger partial charge in [-0.25, -0.2) is 0 Å². The van der Waals surface area contributed by atoms with Crippen molar-refractivity contribution in [1.29, 1.82) is 0 Å². The van der Waals surface area contributed by atoms with E-state index in [-0.39, 0.29) is 31.6 Å². The third-order valence-electron chi connectivity index (χ3n) is 10.2. The molecular weight excluding hydrogens is 789 g/mol. The Morgan fingerprint density at radius 1 is 0.375 bits per heavy atom. The van der Waals surface area contributed by atoms with Crippen LogP contribution in [0.1, 0.15) is 201 Å². The lowest BCUT2D eigenvalue weighted by Gasteiger charge is -2.18. The molecule has 360 valence electrons. The zero-order chi connectivity index (χ0) is 46.3. The van der Waals surface area contributed by atoms with Crippen LogP contribution in [0, 0.1) is 0 Å². The minimum atomic E-state index is -0.620. The molecule has 0 fully saturated rings. The fraction of sp³-hybridized carbons (Fsp3) is 0.593. The number of esters is 2. The first kappa shape index (κ1) is 60.0. The van der Waals surface area contributed by atoms with Crippen LogP contribution in [0.3, 0.4) is 0 Å². The monoisotopic (exact) mass is 883 g/mol. The first-order valence-corrected chi connectivity index (χ1v) is 25.7. The van der Waals surface area contributed by atoms with Crippen molar-refractivity contribution in [3.63, 3.8) is 0 Å². The van der Waals surface area contributed by atoms with Gasteiger partial charge in [0.1, 0.15) is 6.61 Å². The molecule has 0 bridgehead atoms. The Hall–Kier alpha value is -3.96. The van der Waals surface area contributed by atoms with Crippen LogP contribution < -0.4 is 0 Å². The number of hydrogen-bond acceptors (Lipinski definition) is 5. The molecule has 0 aromatic heterocycles. The molecule has 0 radical (unpaired) electrons. The zero-order valence-electron chi connectivity index (χ0n) is 41.2. The molecule has 0 heterocycles. The lowest BCUT2D eigenvalue weighted by Crippen LogP contribution is -2.29. The second-order valence-corrected chi connectivity index (χ2v) is 16.3. The van der Waals surface area contributed by atoms with Gasteiger partial charge >= 0.3 is 11.9 Å². The van der Waals surface area contributed by atoms with Gasteiger partial charge in [-0.15, -0.1) is 0 Å². The minimum Gasteiger partial charge on any atom is -0.462 e. The highest BCUT2D eigenvalue weighted by Gasteiger charge is 2.17. The maximum Gasteiger partial charge on any atom is 0.310 e. The van der Waals surface area contributed by atoms with Crippen LogP contribution in [0.25, 0.3) is 0 Å². The number of carbonyl (C=O) groups excluding carboxylic acids is 2. The van der Waals surface area contributed by atoms with Crippen molar-refractivity contribution in [2.45, 2.75) is 207 Å². The Kier molecular flexibility index (Phi) is 50.1. The lowest BCUT2D eigenvalue weighted by molar-refractivity contribution is -0.162. The number of unbranched alkanes of at least 4 members (excludes halogenated alkanes) is 13. The summed E-state index contributed by atoms with van der Waals surface area (Å²) in [6.07, 6.45) is 76.3. The molecule has 0 spiro atoms. The molecule has 0 rings (SSSR count). The van der Waals surface area contributed by atoms with E-state index in [1.165, 1.54) is 51.4 Å². The molecule has 0 amide bonds. The summed E-state index contributed by atoms with van der Waals surface area (Å²) in [5.41, 5.74) is 0. The molecule has 0 saturated heterocycles. The number of carbonyl (C=O) groups is 2. The van der Waals surface area contributed by atoms with Gasteiger partial charge in [0.05, 0.1) is 13.0 Å². The van der Waals surface area contributed by atoms with E-state index in [1.54, 1.807) is 0 Å². The summed E-state index contributed by atoms with van der Waals surface area (Å²) in [4.78, 5) is 25.4. The van der Waals surface area contributed by atoms with E-state index >= 15 is 0 Å². The zero-order valence-corrected chi connectivity index (χ0v) is 41.2. The largest absolute Gasteiger partial charge is 0.462 e. The molecule has 5 heteroatoms. The summed E-state index contributed by atoms with van der Waals surface area (Å²) in [6, 6.07) is 0. The van der Waals surface area contributed by atoms with Crippen molar-refractivity contribution in [2.24, 2.45) is 0 Å². The van der Waals surface area contributed by atoms with E-state index in [1.807, 2.05) is 12.2 Å². The fourth-order valence-electron chi connectivity index (χ4n) is 6.43. The van der Waals surface area contributed by atoms with E-state index in [9.17, 15) is 9.59 Å². The van der Waals surface area contributed by atoms with E-state index in [0.717, 1.165) is 116 Å². The molecular formula is C59H94O5. The van der Waals surface area contributed by atoms with E-state index < -0.39 is 6.10 Å². The molecule has 0 aromatic carbocycles. The summed E-state index contributed by atoms with van der Waals surface area (Å²) >= 11 is 0. The third-order valence-corrected chi connectivity index (χ3v) is 10.2. The summed E-state index contributed by atoms with van der Waals surface area (Å²) in [5.74, 6) is -0.581. The Labute approximate surface area is 394 Å². The molecule has 64 heavy (non-hydrogen) atoms. The predicted molar refractivity (Wildman–Crippen MR) is 278 cm³/mol. The van der Waals surface area contributed by atoms with Crippen LogP contribution >= 0.6 is 0 Å². The normalized spacial score (nSPS) is 13.4. The standard InChI is InChI=1S/C59H94O5/c1-4-7-10-13-16-19-22-25-28-30-32-34-37-40-43-46-49-52-58(60)63-56-57(55-62-54-51-48-45-42-39-36-33-29-26-23-20-17-14-11-8-5-2)64-59(61)53-50-47-44-41-38-35-31-27-24-21-18-15-12-9-6-3/h8-9,11-12,16-21,25-29,31,36,38-39,41,47,50,57H,4-7,10,13-15,22-24,30,32-35,37,40,42-46,48-49,51-56H2,1-3H3/b11-8-,12-9-,19-16-,20-17-,21-18-,28-25-,29-26-,31-27-,39-36-,41-38-,50-47-. The molecule has 0 N–H and O–H groups in total. The van der Waals surface area contributed by atoms with Crippen molar-refractivity contribution in [3.05, 3.63) is 134 Å². The van der Waals surface area contributed by atoms with Crippen LogP contribution in [0.2, 0.25) is 0 Å². The summed E-state index contributed by atoms with van der Waals surface area (Å²) in [6.45, 7) is 7.37. The van der Waals surface area contributed by atoms with Gasteiger partial charge in [-0.05, 0) is 116 Å². The highest BCUT2D eigenvalue weighted by molar-refractivity contribution is 5.71. The van der Waals surface area contributed by atoms with E-state index in [2.05, 4.69) is 142 Å². The van der Waals surface area contributed by atoms with Gasteiger partial charge < -0.3 is 14.2 Å². The van der Waals surface area contributed by atoms with E-state index in [0.29, 0.717) is 13.0 Å². The van der Waals surface area contributed by atoms with E-state index in [4.69, 9.17) is 14.2 Å². The number of ether oxygens (including phenoxy) is 3. The van der Waals surface area contributed by atoms with Crippen LogP contribution in [0.5, 0.6) is 0 Å². The molecule has 5 nitrogen and oxygen atoms in total. The Morgan fingerprint density at radius 2 is 0.750 bits per heavy atom. The molecule has 1 atom stereocenters. The van der Waals surface area contributed by atoms with Gasteiger partial charge in [-0.3, -0.25) is 9.59 Å². The van der Waals surface area contributed by atoms with Gasteiger partial charge in [0.15, 0.2) is 6.10 Å². The first-order valence-electron chi connectivity index (χ1n) is 25.7. The minimum absolute atomic E-state index is 0.0196. The van der Waals surface area contributed by atoms with Crippen LogP contribution in [-0.4, -0.2) is 37.9 Å². The van der Waals surface area contributed by atoms with Crippen LogP contribution in [-0.2, 0) is 23.8 Å². The molecule has 0 aliphatic carbocycles. The maximum absolute atomic E-state index is 12.7. The smallest absolute Gasteiger partial charge is 0.310 e. The van der Waals surface area contributed by atoms with Gasteiger partial charge in [0.25, 0.3) is 0 Å². The average molecular weight is 883 g/mol. The Balaban J connectivity index is 4.49. The Bertz CT molecular complexity index is 1370. The molecule has 0 aliphatic rings. The van der Waals surface area contributed by atoms with Gasteiger partial charge in [0.2, 0.25) is 0 Å². The van der Waals surface area contributed by atoms with Gasteiger partial charge in [-0.2, -0.15) is 0 Å². The van der Waals surface area contributed by atoms with Gasteiger partial charge in [-0.1, -0.05) is 206 Å². The molecule has 1 unspecified atom stereocenters. The SMILES string of the molecule is CC/C=C\C/C=C\C/C=C\C/C=C\C/C=C\CC(=O)OC(COCCCCC/C=C\C/C=C\C/C=C\C/C=C\CC)COC(=O)CCCCCCCCC/C=C\C/C=C\CCCCC. The number of hydrogen-bond donors (Lipinski definition) is 0. The highest BCUT2D eigenvalue weighted by Crippen LogP contribution is 2.12. The summed E-state index contributed by atoms with van der Waals surface area (Å²) in [5, 5.41) is 0. The molecule has 0 aliphatic heterocycles.